The molecule has 0 saturated heterocycles. The number of carbonyl (C=O) groups is 1. The Morgan fingerprint density at radius 2 is 1.51 bits per heavy atom. The van der Waals surface area contributed by atoms with Crippen molar-refractivity contribution < 1.29 is 32.5 Å². The molecule has 0 aliphatic rings. The van der Waals surface area contributed by atoms with E-state index in [9.17, 15) is 13.6 Å². The van der Waals surface area contributed by atoms with Gasteiger partial charge in [-0.1, -0.05) is 30.4 Å². The monoisotopic (exact) mass is 480 g/mol. The van der Waals surface area contributed by atoms with Gasteiger partial charge in [-0.25, -0.2) is 8.78 Å². The molecule has 0 heterocycles. The van der Waals surface area contributed by atoms with Gasteiger partial charge in [-0.15, -0.1) is 0 Å². The molecule has 35 heavy (non-hydrogen) atoms. The molecule has 0 amide bonds. The summed E-state index contributed by atoms with van der Waals surface area (Å²) in [4.78, 5) is 12.3. The van der Waals surface area contributed by atoms with Crippen LogP contribution in [0.2, 0.25) is 0 Å². The summed E-state index contributed by atoms with van der Waals surface area (Å²) in [5, 5.41) is 0. The third-order valence-corrected chi connectivity index (χ3v) is 5.27. The van der Waals surface area contributed by atoms with Gasteiger partial charge in [0.2, 0.25) is 5.75 Å². The van der Waals surface area contributed by atoms with Crippen LogP contribution in [-0.4, -0.2) is 34.2 Å². The zero-order valence-electron chi connectivity index (χ0n) is 19.9. The number of hydrogen-bond acceptors (Lipinski definition) is 5. The molecule has 0 unspecified atom stereocenters. The molecule has 0 aromatic heterocycles. The third-order valence-electron chi connectivity index (χ3n) is 5.27. The molecular weight excluding hydrogens is 454 g/mol. The molecule has 3 rings (SSSR count). The first kappa shape index (κ1) is 25.5. The summed E-state index contributed by atoms with van der Waals surface area (Å²) in [6, 6.07) is 12.0. The number of methoxy groups -OCH3 is 4. The Morgan fingerprint density at radius 1 is 0.829 bits per heavy atom. The largest absolute Gasteiger partial charge is 0.494 e. The standard InChI is InChI=1S/C28H26F2O5/c1-32-25-17-19(7-6-10-24(31)21-8-5-9-22(29)15-21)20(16-23(25)30)12-11-18-13-26(33-2)28(35-4)27(14-18)34-3/h5-6,8-17H,7H2,1-4H3/b10-6-,12-11-. The zero-order valence-corrected chi connectivity index (χ0v) is 19.9. The summed E-state index contributed by atoms with van der Waals surface area (Å²) >= 11 is 0. The smallest absolute Gasteiger partial charge is 0.203 e. The predicted octanol–water partition coefficient (Wildman–Crippen LogP) is 6.15. The first-order chi connectivity index (χ1) is 16.9. The molecule has 0 atom stereocenters. The van der Waals surface area contributed by atoms with Crippen LogP contribution in [0.1, 0.15) is 27.0 Å². The van der Waals surface area contributed by atoms with Crippen molar-refractivity contribution in [1.82, 2.24) is 0 Å². The fourth-order valence-corrected chi connectivity index (χ4v) is 3.51. The highest BCUT2D eigenvalue weighted by Gasteiger charge is 2.13. The van der Waals surface area contributed by atoms with Crippen molar-refractivity contribution in [1.29, 1.82) is 0 Å². The van der Waals surface area contributed by atoms with Crippen LogP contribution in [0.5, 0.6) is 23.0 Å². The van der Waals surface area contributed by atoms with Crippen LogP contribution in [0.25, 0.3) is 12.2 Å². The predicted molar refractivity (Wildman–Crippen MR) is 132 cm³/mol. The lowest BCUT2D eigenvalue weighted by Crippen LogP contribution is -1.97. The van der Waals surface area contributed by atoms with Gasteiger partial charge >= 0.3 is 0 Å². The minimum Gasteiger partial charge on any atom is -0.494 e. The van der Waals surface area contributed by atoms with E-state index in [0.717, 1.165) is 11.1 Å². The maximum Gasteiger partial charge on any atom is 0.203 e. The van der Waals surface area contributed by atoms with E-state index in [4.69, 9.17) is 18.9 Å². The third kappa shape index (κ3) is 6.26. The van der Waals surface area contributed by atoms with E-state index in [1.807, 2.05) is 0 Å². The van der Waals surface area contributed by atoms with Gasteiger partial charge in [0.25, 0.3) is 0 Å². The molecule has 0 radical (unpaired) electrons. The highest BCUT2D eigenvalue weighted by atomic mass is 19.1. The number of halogens is 2. The molecule has 0 aliphatic carbocycles. The maximum atomic E-state index is 14.5. The van der Waals surface area contributed by atoms with Gasteiger partial charge in [-0.3, -0.25) is 4.79 Å². The lowest BCUT2D eigenvalue weighted by molar-refractivity contribution is 0.104. The molecule has 7 heteroatoms. The Balaban J connectivity index is 1.91. The Hall–Kier alpha value is -4.13. The van der Waals surface area contributed by atoms with E-state index in [2.05, 4.69) is 0 Å². The van der Waals surface area contributed by atoms with Crippen LogP contribution < -0.4 is 18.9 Å². The second-order valence-corrected chi connectivity index (χ2v) is 7.46. The van der Waals surface area contributed by atoms with Gasteiger partial charge in [-0.05, 0) is 65.6 Å². The van der Waals surface area contributed by atoms with E-state index in [1.54, 1.807) is 42.5 Å². The number of hydrogen-bond donors (Lipinski definition) is 0. The van der Waals surface area contributed by atoms with Crippen LogP contribution in [0.4, 0.5) is 8.78 Å². The number of allylic oxidation sites excluding steroid dienone is 2. The Morgan fingerprint density at radius 3 is 2.11 bits per heavy atom. The molecule has 182 valence electrons. The fraction of sp³-hybridized carbons (Fsp3) is 0.179. The van der Waals surface area contributed by atoms with Crippen LogP contribution in [0.3, 0.4) is 0 Å². The van der Waals surface area contributed by atoms with Gasteiger partial charge in [0.05, 0.1) is 28.4 Å². The summed E-state index contributed by atoms with van der Waals surface area (Å²) < 4.78 is 49.1. The van der Waals surface area contributed by atoms with Crippen molar-refractivity contribution in [3.05, 3.63) is 94.6 Å². The number of carbonyl (C=O) groups excluding carboxylic acids is 1. The molecule has 5 nitrogen and oxygen atoms in total. The van der Waals surface area contributed by atoms with Crippen molar-refractivity contribution in [2.24, 2.45) is 0 Å². The topological polar surface area (TPSA) is 54.0 Å². The molecule has 0 aliphatic heterocycles. The lowest BCUT2D eigenvalue weighted by Gasteiger charge is -2.13. The molecular formula is C28H26F2O5. The van der Waals surface area contributed by atoms with Gasteiger partial charge in [0.15, 0.2) is 28.8 Å². The lowest BCUT2D eigenvalue weighted by atomic mass is 10.0. The minimum absolute atomic E-state index is 0.0924. The summed E-state index contributed by atoms with van der Waals surface area (Å²) in [5.74, 6) is 0.226. The molecule has 3 aromatic carbocycles. The number of ether oxygens (including phenoxy) is 4. The first-order valence-electron chi connectivity index (χ1n) is 10.7. The van der Waals surface area contributed by atoms with Gasteiger partial charge in [-0.2, -0.15) is 0 Å². The number of benzene rings is 3. The van der Waals surface area contributed by atoms with E-state index in [-0.39, 0.29) is 17.1 Å². The molecule has 3 aromatic rings. The van der Waals surface area contributed by atoms with Crippen LogP contribution in [0, 0.1) is 11.6 Å². The van der Waals surface area contributed by atoms with E-state index in [1.165, 1.54) is 58.8 Å². The van der Waals surface area contributed by atoms with E-state index in [0.29, 0.717) is 29.2 Å². The molecule has 0 bridgehead atoms. The van der Waals surface area contributed by atoms with Gasteiger partial charge in [0.1, 0.15) is 5.82 Å². The minimum atomic E-state index is -0.513. The molecule has 0 spiro atoms. The molecule has 0 fully saturated rings. The summed E-state index contributed by atoms with van der Waals surface area (Å²) in [6.45, 7) is 0. The summed E-state index contributed by atoms with van der Waals surface area (Å²) in [5.41, 5.74) is 2.33. The zero-order chi connectivity index (χ0) is 25.4. The maximum absolute atomic E-state index is 14.5. The number of rotatable bonds is 10. The summed E-state index contributed by atoms with van der Waals surface area (Å²) in [7, 11) is 5.96. The first-order valence-corrected chi connectivity index (χ1v) is 10.7. The van der Waals surface area contributed by atoms with Crippen molar-refractivity contribution >= 4 is 17.9 Å². The van der Waals surface area contributed by atoms with Crippen molar-refractivity contribution in [3.8, 4) is 23.0 Å². The average Bonchev–Trinajstić information content (AvgIpc) is 2.87. The van der Waals surface area contributed by atoms with Crippen LogP contribution >= 0.6 is 0 Å². The Bertz CT molecular complexity index is 1240. The normalized spacial score (nSPS) is 11.1. The fourth-order valence-electron chi connectivity index (χ4n) is 3.51. The van der Waals surface area contributed by atoms with E-state index >= 15 is 0 Å². The highest BCUT2D eigenvalue weighted by Crippen LogP contribution is 2.38. The SMILES string of the molecule is COc1cc(C/C=C\C(=O)c2cccc(F)c2)c(/C=C\c2cc(OC)c(OC)c(OC)c2)cc1F. The molecule has 0 saturated carbocycles. The van der Waals surface area contributed by atoms with Gasteiger partial charge in [0, 0.05) is 5.56 Å². The Labute approximate surface area is 203 Å². The number of ketones is 1. The van der Waals surface area contributed by atoms with Crippen molar-refractivity contribution in [3.63, 3.8) is 0 Å². The van der Waals surface area contributed by atoms with Gasteiger partial charge < -0.3 is 18.9 Å². The van der Waals surface area contributed by atoms with Crippen LogP contribution in [0.15, 0.2) is 60.7 Å². The second kappa shape index (κ2) is 11.8. The highest BCUT2D eigenvalue weighted by molar-refractivity contribution is 6.04. The van der Waals surface area contributed by atoms with E-state index < -0.39 is 11.6 Å². The quantitative estimate of drug-likeness (QED) is 0.198. The average molecular weight is 481 g/mol. The van der Waals surface area contributed by atoms with Crippen molar-refractivity contribution in [2.45, 2.75) is 6.42 Å². The Kier molecular flexibility index (Phi) is 8.62. The molecule has 0 N–H and O–H groups in total. The van der Waals surface area contributed by atoms with Crippen molar-refractivity contribution in [2.75, 3.05) is 28.4 Å². The van der Waals surface area contributed by atoms with Crippen LogP contribution in [-0.2, 0) is 6.42 Å². The second-order valence-electron chi connectivity index (χ2n) is 7.46. The summed E-state index contributed by atoms with van der Waals surface area (Å²) in [6.07, 6.45) is 6.89.